The number of aromatic amines is 1. The summed E-state index contributed by atoms with van der Waals surface area (Å²) in [4.78, 5) is 20.1. The minimum absolute atomic E-state index is 0.0187. The van der Waals surface area contributed by atoms with Crippen LogP contribution < -0.4 is 5.32 Å². The van der Waals surface area contributed by atoms with E-state index in [1.807, 2.05) is 13.0 Å². The first-order valence-corrected chi connectivity index (χ1v) is 8.28. The zero-order valence-corrected chi connectivity index (χ0v) is 14.3. The first kappa shape index (κ1) is 16.2. The van der Waals surface area contributed by atoms with Crippen molar-refractivity contribution >= 4 is 16.9 Å². The van der Waals surface area contributed by atoms with Crippen LogP contribution in [0.3, 0.4) is 0 Å². The third-order valence-corrected chi connectivity index (χ3v) is 4.42. The molecule has 2 heterocycles. The second kappa shape index (κ2) is 6.86. The molecule has 6 heteroatoms. The van der Waals surface area contributed by atoms with Crippen molar-refractivity contribution in [2.24, 2.45) is 0 Å². The molecule has 1 aromatic carbocycles. The molecule has 0 saturated carbocycles. The zero-order chi connectivity index (χ0) is 17.1. The molecule has 6 nitrogen and oxygen atoms in total. The topological polar surface area (TPSA) is 75.6 Å². The number of aromatic nitrogens is 4. The van der Waals surface area contributed by atoms with Crippen LogP contribution in [0.2, 0.25) is 0 Å². The highest BCUT2D eigenvalue weighted by molar-refractivity contribution is 5.80. The first-order chi connectivity index (χ1) is 11.6. The van der Waals surface area contributed by atoms with Crippen LogP contribution in [0, 0.1) is 13.8 Å². The number of benzene rings is 1. The maximum absolute atomic E-state index is 12.1. The van der Waals surface area contributed by atoms with Gasteiger partial charge in [-0.25, -0.2) is 4.98 Å². The third kappa shape index (κ3) is 3.32. The van der Waals surface area contributed by atoms with Crippen LogP contribution in [0.5, 0.6) is 0 Å². The van der Waals surface area contributed by atoms with Crippen LogP contribution in [-0.2, 0) is 11.2 Å². The van der Waals surface area contributed by atoms with Crippen molar-refractivity contribution in [2.45, 2.75) is 39.7 Å². The van der Waals surface area contributed by atoms with Crippen LogP contribution in [0.15, 0.2) is 30.6 Å². The molecule has 0 spiro atoms. The van der Waals surface area contributed by atoms with E-state index < -0.39 is 0 Å². The Morgan fingerprint density at radius 3 is 2.96 bits per heavy atom. The normalized spacial score (nSPS) is 12.5. The van der Waals surface area contributed by atoms with E-state index in [9.17, 15) is 4.79 Å². The molecule has 0 aliphatic carbocycles. The van der Waals surface area contributed by atoms with Gasteiger partial charge in [0.15, 0.2) is 0 Å². The van der Waals surface area contributed by atoms with E-state index in [4.69, 9.17) is 0 Å². The monoisotopic (exact) mass is 325 g/mol. The Bertz CT molecular complexity index is 835. The molecule has 1 unspecified atom stereocenters. The number of rotatable bonds is 6. The Morgan fingerprint density at radius 1 is 1.38 bits per heavy atom. The molecule has 0 fully saturated rings. The lowest BCUT2D eigenvalue weighted by Crippen LogP contribution is -2.32. The van der Waals surface area contributed by atoms with E-state index in [1.165, 1.54) is 11.1 Å². The Balaban J connectivity index is 1.52. The Hall–Kier alpha value is -2.63. The van der Waals surface area contributed by atoms with Crippen LogP contribution in [-0.4, -0.2) is 32.2 Å². The number of H-pyrrole nitrogens is 1. The van der Waals surface area contributed by atoms with Crippen molar-refractivity contribution in [2.75, 3.05) is 6.54 Å². The molecule has 3 rings (SSSR count). The van der Waals surface area contributed by atoms with Crippen LogP contribution >= 0.6 is 0 Å². The van der Waals surface area contributed by atoms with Crippen molar-refractivity contribution in [3.05, 3.63) is 47.5 Å². The van der Waals surface area contributed by atoms with Gasteiger partial charge in [-0.05, 0) is 50.5 Å². The van der Waals surface area contributed by atoms with E-state index in [2.05, 4.69) is 46.4 Å². The number of hydrogen-bond acceptors (Lipinski definition) is 3. The quantitative estimate of drug-likeness (QED) is 0.684. The molecule has 126 valence electrons. The molecule has 1 amide bonds. The lowest BCUT2D eigenvalue weighted by molar-refractivity contribution is -0.124. The Kier molecular flexibility index (Phi) is 4.64. The molecular formula is C18H23N5O. The number of nitrogens with one attached hydrogen (secondary N) is 2. The average molecular weight is 325 g/mol. The molecule has 2 N–H and O–H groups in total. The SMILES string of the molecule is Cc1ccc2[nH]c(CCCNC(=O)C(C)n3cccn3)nc2c1C. The second-order valence-corrected chi connectivity index (χ2v) is 6.14. The molecule has 2 aromatic heterocycles. The van der Waals surface area contributed by atoms with Gasteiger partial charge >= 0.3 is 0 Å². The molecule has 0 aliphatic heterocycles. The molecule has 1 atom stereocenters. The van der Waals surface area contributed by atoms with E-state index in [-0.39, 0.29) is 11.9 Å². The number of amides is 1. The summed E-state index contributed by atoms with van der Waals surface area (Å²) in [7, 11) is 0. The third-order valence-electron chi connectivity index (χ3n) is 4.42. The minimum atomic E-state index is -0.295. The molecule has 3 aromatic rings. The summed E-state index contributed by atoms with van der Waals surface area (Å²) in [5.74, 6) is 0.947. The van der Waals surface area contributed by atoms with Crippen molar-refractivity contribution in [1.29, 1.82) is 0 Å². The smallest absolute Gasteiger partial charge is 0.244 e. The standard InChI is InChI=1S/C18H23N5O/c1-12-7-8-15-17(13(12)2)22-16(21-15)6-4-9-19-18(24)14(3)23-11-5-10-20-23/h5,7-8,10-11,14H,4,6,9H2,1-3H3,(H,19,24)(H,21,22). The lowest BCUT2D eigenvalue weighted by Gasteiger charge is -2.12. The van der Waals surface area contributed by atoms with Gasteiger partial charge in [0.1, 0.15) is 11.9 Å². The average Bonchev–Trinajstić information content (AvgIpc) is 3.24. The van der Waals surface area contributed by atoms with E-state index in [1.54, 1.807) is 17.1 Å². The summed E-state index contributed by atoms with van der Waals surface area (Å²) in [6.07, 6.45) is 5.12. The highest BCUT2D eigenvalue weighted by Gasteiger charge is 2.14. The van der Waals surface area contributed by atoms with Gasteiger partial charge in [0.25, 0.3) is 0 Å². The van der Waals surface area contributed by atoms with Gasteiger partial charge in [-0.15, -0.1) is 0 Å². The number of imidazole rings is 1. The second-order valence-electron chi connectivity index (χ2n) is 6.14. The summed E-state index contributed by atoms with van der Waals surface area (Å²) >= 11 is 0. The summed E-state index contributed by atoms with van der Waals surface area (Å²) in [5, 5.41) is 7.05. The van der Waals surface area contributed by atoms with Crippen molar-refractivity contribution in [1.82, 2.24) is 25.1 Å². The summed E-state index contributed by atoms with van der Waals surface area (Å²) in [6, 6.07) is 5.70. The lowest BCUT2D eigenvalue weighted by atomic mass is 10.1. The number of hydrogen-bond donors (Lipinski definition) is 2. The maximum Gasteiger partial charge on any atom is 0.244 e. The number of aryl methyl sites for hydroxylation is 3. The van der Waals surface area contributed by atoms with Gasteiger partial charge in [0, 0.05) is 25.4 Å². The fraction of sp³-hybridized carbons (Fsp3) is 0.389. The summed E-state index contributed by atoms with van der Waals surface area (Å²) < 4.78 is 1.65. The van der Waals surface area contributed by atoms with Crippen LogP contribution in [0.4, 0.5) is 0 Å². The zero-order valence-electron chi connectivity index (χ0n) is 14.3. The van der Waals surface area contributed by atoms with E-state index in [0.717, 1.165) is 29.7 Å². The molecule has 24 heavy (non-hydrogen) atoms. The predicted molar refractivity (Wildman–Crippen MR) is 93.8 cm³/mol. The largest absolute Gasteiger partial charge is 0.354 e. The molecule has 0 bridgehead atoms. The van der Waals surface area contributed by atoms with E-state index in [0.29, 0.717) is 6.54 Å². The van der Waals surface area contributed by atoms with Gasteiger partial charge in [0.2, 0.25) is 5.91 Å². The van der Waals surface area contributed by atoms with Gasteiger partial charge in [-0.3, -0.25) is 9.48 Å². The van der Waals surface area contributed by atoms with Gasteiger partial charge in [0.05, 0.1) is 11.0 Å². The Morgan fingerprint density at radius 2 is 2.21 bits per heavy atom. The summed E-state index contributed by atoms with van der Waals surface area (Å²) in [6.45, 7) is 6.66. The molecular weight excluding hydrogens is 302 g/mol. The number of carbonyl (C=O) groups is 1. The first-order valence-electron chi connectivity index (χ1n) is 8.28. The van der Waals surface area contributed by atoms with Crippen molar-refractivity contribution in [3.63, 3.8) is 0 Å². The molecule has 0 aliphatic rings. The number of nitrogens with zero attached hydrogens (tertiary/aromatic N) is 3. The number of fused-ring (bicyclic) bond motifs is 1. The van der Waals surface area contributed by atoms with Gasteiger partial charge in [-0.1, -0.05) is 6.07 Å². The predicted octanol–water partition coefficient (Wildman–Crippen LogP) is 2.69. The highest BCUT2D eigenvalue weighted by Crippen LogP contribution is 2.19. The summed E-state index contributed by atoms with van der Waals surface area (Å²) in [5.41, 5.74) is 4.59. The van der Waals surface area contributed by atoms with E-state index >= 15 is 0 Å². The van der Waals surface area contributed by atoms with Crippen molar-refractivity contribution < 1.29 is 4.79 Å². The fourth-order valence-corrected chi connectivity index (χ4v) is 2.73. The molecule has 0 radical (unpaired) electrons. The Labute approximate surface area is 141 Å². The van der Waals surface area contributed by atoms with Crippen LogP contribution in [0.1, 0.15) is 36.3 Å². The highest BCUT2D eigenvalue weighted by atomic mass is 16.2. The van der Waals surface area contributed by atoms with Crippen LogP contribution in [0.25, 0.3) is 11.0 Å². The van der Waals surface area contributed by atoms with Gasteiger partial charge in [-0.2, -0.15) is 5.10 Å². The number of carbonyl (C=O) groups excluding carboxylic acids is 1. The van der Waals surface area contributed by atoms with Crippen molar-refractivity contribution in [3.8, 4) is 0 Å². The molecule has 0 saturated heterocycles. The minimum Gasteiger partial charge on any atom is -0.354 e. The van der Waals surface area contributed by atoms with Gasteiger partial charge < -0.3 is 10.3 Å². The fourth-order valence-electron chi connectivity index (χ4n) is 2.73. The maximum atomic E-state index is 12.1.